The van der Waals surface area contributed by atoms with Crippen LogP contribution in [0, 0.1) is 6.92 Å². The molecule has 0 atom stereocenters. The number of nitrogens with two attached hydrogens (primary N) is 1. The molecule has 7 heteroatoms. The quantitative estimate of drug-likeness (QED) is 0.777. The van der Waals surface area contributed by atoms with Crippen LogP contribution in [0.4, 0.5) is 5.69 Å². The van der Waals surface area contributed by atoms with Crippen LogP contribution in [0.3, 0.4) is 0 Å². The summed E-state index contributed by atoms with van der Waals surface area (Å²) in [5.41, 5.74) is 6.84. The Labute approximate surface area is 95.8 Å². The summed E-state index contributed by atoms with van der Waals surface area (Å²) in [6.45, 7) is 1.75. The smallest absolute Gasteiger partial charge is 0.224 e. The maximum atomic E-state index is 5.81. The topological polar surface area (TPSA) is 69.6 Å². The van der Waals surface area contributed by atoms with Crippen LogP contribution in [0.25, 0.3) is 5.82 Å². The second kappa shape index (κ2) is 3.67. The van der Waals surface area contributed by atoms with Crippen LogP contribution in [-0.4, -0.2) is 19.7 Å². The molecule has 0 radical (unpaired) electrons. The fraction of sp³-hybridized carbons (Fsp3) is 0.125. The summed E-state index contributed by atoms with van der Waals surface area (Å²) in [4.78, 5) is 7.91. The highest BCUT2D eigenvalue weighted by Gasteiger charge is 2.10. The minimum atomic E-state index is 0.128. The number of anilines is 1. The van der Waals surface area contributed by atoms with E-state index in [0.717, 1.165) is 0 Å². The molecule has 2 rings (SSSR count). The highest BCUT2D eigenvalue weighted by molar-refractivity contribution is 6.30. The molecule has 2 aromatic heterocycles. The first-order valence-electron chi connectivity index (χ1n) is 4.08. The van der Waals surface area contributed by atoms with E-state index in [1.54, 1.807) is 13.1 Å². The lowest BCUT2D eigenvalue weighted by molar-refractivity contribution is 0.839. The summed E-state index contributed by atoms with van der Waals surface area (Å²) < 4.78 is 1.46. The molecule has 0 aliphatic heterocycles. The molecule has 0 spiro atoms. The van der Waals surface area contributed by atoms with Crippen LogP contribution in [-0.2, 0) is 0 Å². The number of nitrogen functional groups attached to an aromatic ring is 1. The molecule has 0 amide bonds. The minimum Gasteiger partial charge on any atom is -0.394 e. The minimum absolute atomic E-state index is 0.128. The van der Waals surface area contributed by atoms with Crippen molar-refractivity contribution in [3.63, 3.8) is 0 Å². The van der Waals surface area contributed by atoms with E-state index in [1.165, 1.54) is 10.9 Å². The number of nitrogens with zero attached hydrogens (tertiary/aromatic N) is 4. The molecule has 2 N–H and O–H groups in total. The molecule has 0 aliphatic rings. The van der Waals surface area contributed by atoms with Crippen LogP contribution < -0.4 is 5.73 Å². The second-order valence-electron chi connectivity index (χ2n) is 2.92. The molecule has 0 saturated heterocycles. The fourth-order valence-corrected chi connectivity index (χ4v) is 1.47. The van der Waals surface area contributed by atoms with Crippen molar-refractivity contribution in [2.45, 2.75) is 6.92 Å². The fourth-order valence-electron chi connectivity index (χ4n) is 1.12. The van der Waals surface area contributed by atoms with Gasteiger partial charge in [-0.15, -0.1) is 0 Å². The molecular weight excluding hydrogens is 237 g/mol. The Morgan fingerprint density at radius 3 is 2.67 bits per heavy atom. The number of hydrogen-bond acceptors (Lipinski definition) is 4. The van der Waals surface area contributed by atoms with Gasteiger partial charge in [-0.05, 0) is 18.5 Å². The normalized spacial score (nSPS) is 10.6. The summed E-state index contributed by atoms with van der Waals surface area (Å²) in [5.74, 6) is 0.430. The zero-order valence-electron chi connectivity index (χ0n) is 7.78. The van der Waals surface area contributed by atoms with Crippen LogP contribution >= 0.6 is 23.2 Å². The molecule has 78 valence electrons. The van der Waals surface area contributed by atoms with Crippen LogP contribution in [0.2, 0.25) is 10.3 Å². The zero-order chi connectivity index (χ0) is 11.0. The Morgan fingerprint density at radius 2 is 2.07 bits per heavy atom. The zero-order valence-corrected chi connectivity index (χ0v) is 9.29. The SMILES string of the molecule is Cc1nc(Cl)nc(-n2cc(Cl)cn2)c1N. The van der Waals surface area contributed by atoms with Gasteiger partial charge in [0, 0.05) is 0 Å². The van der Waals surface area contributed by atoms with Gasteiger partial charge >= 0.3 is 0 Å². The van der Waals surface area contributed by atoms with Gasteiger partial charge in [0.05, 0.1) is 28.8 Å². The third-order valence-corrected chi connectivity index (χ3v) is 2.22. The van der Waals surface area contributed by atoms with E-state index < -0.39 is 0 Å². The lowest BCUT2D eigenvalue weighted by Crippen LogP contribution is -2.07. The molecule has 0 unspecified atom stereocenters. The van der Waals surface area contributed by atoms with Crippen molar-refractivity contribution in [3.05, 3.63) is 28.4 Å². The van der Waals surface area contributed by atoms with Crippen molar-refractivity contribution in [2.75, 3.05) is 5.73 Å². The van der Waals surface area contributed by atoms with Crippen molar-refractivity contribution in [3.8, 4) is 5.82 Å². The van der Waals surface area contributed by atoms with Gasteiger partial charge in [-0.25, -0.2) is 9.67 Å². The molecule has 5 nitrogen and oxygen atoms in total. The number of hydrogen-bond donors (Lipinski definition) is 1. The highest BCUT2D eigenvalue weighted by Crippen LogP contribution is 2.20. The molecule has 0 bridgehead atoms. The third kappa shape index (κ3) is 1.88. The van der Waals surface area contributed by atoms with E-state index in [4.69, 9.17) is 28.9 Å². The van der Waals surface area contributed by atoms with E-state index >= 15 is 0 Å². The van der Waals surface area contributed by atoms with Crippen molar-refractivity contribution in [2.24, 2.45) is 0 Å². The maximum Gasteiger partial charge on any atom is 0.224 e. The first-order valence-corrected chi connectivity index (χ1v) is 4.83. The number of rotatable bonds is 1. The average molecular weight is 244 g/mol. The molecule has 0 saturated carbocycles. The maximum absolute atomic E-state index is 5.81. The van der Waals surface area contributed by atoms with Gasteiger partial charge < -0.3 is 5.73 Å². The van der Waals surface area contributed by atoms with Gasteiger partial charge in [0.25, 0.3) is 0 Å². The lowest BCUT2D eigenvalue weighted by atomic mass is 10.3. The summed E-state index contributed by atoms with van der Waals surface area (Å²) in [6, 6.07) is 0. The van der Waals surface area contributed by atoms with Gasteiger partial charge in [0.2, 0.25) is 5.28 Å². The molecule has 0 aliphatic carbocycles. The summed E-state index contributed by atoms with van der Waals surface area (Å²) in [5, 5.41) is 4.61. The van der Waals surface area contributed by atoms with Crippen LogP contribution in [0.5, 0.6) is 0 Å². The van der Waals surface area contributed by atoms with Gasteiger partial charge in [-0.2, -0.15) is 10.1 Å². The molecule has 15 heavy (non-hydrogen) atoms. The summed E-state index contributed by atoms with van der Waals surface area (Å²) >= 11 is 11.5. The van der Waals surface area contributed by atoms with Crippen molar-refractivity contribution in [1.82, 2.24) is 19.7 Å². The first kappa shape index (κ1) is 10.2. The van der Waals surface area contributed by atoms with E-state index in [9.17, 15) is 0 Å². The third-order valence-electron chi connectivity index (χ3n) is 1.86. The Morgan fingerprint density at radius 1 is 1.33 bits per heavy atom. The highest BCUT2D eigenvalue weighted by atomic mass is 35.5. The Kier molecular flexibility index (Phi) is 2.50. The lowest BCUT2D eigenvalue weighted by Gasteiger charge is -2.06. The summed E-state index contributed by atoms with van der Waals surface area (Å²) in [6.07, 6.45) is 3.09. The largest absolute Gasteiger partial charge is 0.394 e. The molecule has 2 aromatic rings. The number of aromatic nitrogens is 4. The number of halogens is 2. The summed E-state index contributed by atoms with van der Waals surface area (Å²) in [7, 11) is 0. The van der Waals surface area contributed by atoms with Gasteiger partial charge in [0.15, 0.2) is 5.82 Å². The van der Waals surface area contributed by atoms with E-state index in [0.29, 0.717) is 22.2 Å². The van der Waals surface area contributed by atoms with E-state index in [1.807, 2.05) is 0 Å². The van der Waals surface area contributed by atoms with Crippen LogP contribution in [0.1, 0.15) is 5.69 Å². The molecular formula is C8H7Cl2N5. The average Bonchev–Trinajstić information content (AvgIpc) is 2.58. The first-order chi connectivity index (χ1) is 7.08. The predicted octanol–water partition coefficient (Wildman–Crippen LogP) is 1.86. The number of aryl methyl sites for hydroxylation is 1. The van der Waals surface area contributed by atoms with Gasteiger partial charge in [-0.3, -0.25) is 0 Å². The molecule has 0 fully saturated rings. The Balaban J connectivity index is 2.62. The molecule has 0 aromatic carbocycles. The van der Waals surface area contributed by atoms with Crippen LogP contribution in [0.15, 0.2) is 12.4 Å². The monoisotopic (exact) mass is 243 g/mol. The standard InChI is InChI=1S/C8H7Cl2N5/c1-4-6(11)7(14-8(10)13-4)15-3-5(9)2-12-15/h2-3H,11H2,1H3. The van der Waals surface area contributed by atoms with E-state index in [-0.39, 0.29) is 5.28 Å². The Hall–Kier alpha value is -1.33. The van der Waals surface area contributed by atoms with Crippen molar-refractivity contribution in [1.29, 1.82) is 0 Å². The molecule has 2 heterocycles. The van der Waals surface area contributed by atoms with Crippen molar-refractivity contribution < 1.29 is 0 Å². The van der Waals surface area contributed by atoms with Gasteiger partial charge in [0.1, 0.15) is 0 Å². The predicted molar refractivity (Wildman–Crippen MR) is 58.3 cm³/mol. The Bertz CT molecular complexity index is 508. The second-order valence-corrected chi connectivity index (χ2v) is 3.69. The van der Waals surface area contributed by atoms with E-state index in [2.05, 4.69) is 15.1 Å². The van der Waals surface area contributed by atoms with Gasteiger partial charge in [-0.1, -0.05) is 11.6 Å². The van der Waals surface area contributed by atoms with Crippen molar-refractivity contribution >= 4 is 28.9 Å².